The van der Waals surface area contributed by atoms with Crippen LogP contribution in [0.15, 0.2) is 0 Å². The summed E-state index contributed by atoms with van der Waals surface area (Å²) in [5, 5.41) is 0. The van der Waals surface area contributed by atoms with E-state index in [0.29, 0.717) is 6.61 Å². The van der Waals surface area contributed by atoms with Crippen LogP contribution in [-0.4, -0.2) is 42.6 Å². The molecule has 4 nitrogen and oxygen atoms in total. The molecule has 2 unspecified atom stereocenters. The van der Waals surface area contributed by atoms with E-state index in [4.69, 9.17) is 10.5 Å². The summed E-state index contributed by atoms with van der Waals surface area (Å²) < 4.78 is 5.66. The molecule has 0 spiro atoms. The quantitative estimate of drug-likeness (QED) is 0.675. The van der Waals surface area contributed by atoms with Gasteiger partial charge >= 0.3 is 0 Å². The third-order valence-corrected chi connectivity index (χ3v) is 3.59. The van der Waals surface area contributed by atoms with Crippen molar-refractivity contribution in [1.29, 1.82) is 0 Å². The number of amides is 1. The maximum absolute atomic E-state index is 12.0. The maximum atomic E-state index is 12.0. The van der Waals surface area contributed by atoms with Crippen molar-refractivity contribution >= 4 is 5.91 Å². The van der Waals surface area contributed by atoms with Gasteiger partial charge in [-0.3, -0.25) is 4.79 Å². The molecule has 106 valence electrons. The Morgan fingerprint density at radius 1 is 1.28 bits per heavy atom. The average Bonchev–Trinajstić information content (AvgIpc) is 2.90. The van der Waals surface area contributed by atoms with Crippen LogP contribution >= 0.6 is 0 Å². The van der Waals surface area contributed by atoms with E-state index in [1.165, 1.54) is 19.3 Å². The van der Waals surface area contributed by atoms with Crippen molar-refractivity contribution in [2.75, 3.05) is 19.7 Å². The number of hydrogen-bond acceptors (Lipinski definition) is 3. The lowest BCUT2D eigenvalue weighted by atomic mass is 10.1. The third kappa shape index (κ3) is 4.94. The lowest BCUT2D eigenvalue weighted by Crippen LogP contribution is -2.49. The summed E-state index contributed by atoms with van der Waals surface area (Å²) in [7, 11) is 0. The Hall–Kier alpha value is -0.610. The van der Waals surface area contributed by atoms with Crippen molar-refractivity contribution in [3.05, 3.63) is 0 Å². The fraction of sp³-hybridized carbons (Fsp3) is 0.929. The van der Waals surface area contributed by atoms with Gasteiger partial charge in [-0.2, -0.15) is 0 Å². The van der Waals surface area contributed by atoms with Crippen LogP contribution in [0.5, 0.6) is 0 Å². The highest BCUT2D eigenvalue weighted by Gasteiger charge is 2.27. The molecule has 1 rings (SSSR count). The summed E-state index contributed by atoms with van der Waals surface area (Å²) in [6, 6.07) is -0.505. The molecule has 0 saturated carbocycles. The molecular weight excluding hydrogens is 228 g/mol. The second-order valence-corrected chi connectivity index (χ2v) is 5.19. The zero-order chi connectivity index (χ0) is 13.4. The van der Waals surface area contributed by atoms with Crippen LogP contribution in [0.3, 0.4) is 0 Å². The van der Waals surface area contributed by atoms with Crippen molar-refractivity contribution in [2.24, 2.45) is 5.73 Å². The topological polar surface area (TPSA) is 55.6 Å². The fourth-order valence-electron chi connectivity index (χ4n) is 2.25. The number of hydrogen-bond donors (Lipinski definition) is 1. The minimum atomic E-state index is -0.505. The standard InChI is InChI=1S/C14H28N2O2/c1-3-4-5-8-11-18-12(2)13(15)14(17)16-9-6-7-10-16/h12-13H,3-11,15H2,1-2H3. The molecule has 0 aliphatic carbocycles. The van der Waals surface area contributed by atoms with E-state index in [-0.39, 0.29) is 12.0 Å². The number of ether oxygens (including phenoxy) is 1. The van der Waals surface area contributed by atoms with E-state index in [1.807, 2.05) is 11.8 Å². The number of likely N-dealkylation sites (tertiary alicyclic amines) is 1. The SMILES string of the molecule is CCCCCCOC(C)C(N)C(=O)N1CCCC1. The summed E-state index contributed by atoms with van der Waals surface area (Å²) >= 11 is 0. The van der Waals surface area contributed by atoms with Crippen molar-refractivity contribution in [3.63, 3.8) is 0 Å². The Bertz CT molecular complexity index is 240. The first-order chi connectivity index (χ1) is 8.66. The van der Waals surface area contributed by atoms with Crippen LogP contribution in [0.4, 0.5) is 0 Å². The van der Waals surface area contributed by atoms with Crippen LogP contribution in [-0.2, 0) is 9.53 Å². The van der Waals surface area contributed by atoms with E-state index in [1.54, 1.807) is 0 Å². The van der Waals surface area contributed by atoms with Crippen LogP contribution in [0.2, 0.25) is 0 Å². The zero-order valence-corrected chi connectivity index (χ0v) is 11.9. The van der Waals surface area contributed by atoms with Gasteiger partial charge in [-0.1, -0.05) is 26.2 Å². The minimum absolute atomic E-state index is 0.0496. The molecule has 2 N–H and O–H groups in total. The molecule has 2 atom stereocenters. The lowest BCUT2D eigenvalue weighted by Gasteiger charge is -2.24. The van der Waals surface area contributed by atoms with Gasteiger partial charge in [0.05, 0.1) is 6.10 Å². The van der Waals surface area contributed by atoms with Crippen LogP contribution in [0, 0.1) is 0 Å². The third-order valence-electron chi connectivity index (χ3n) is 3.59. The average molecular weight is 256 g/mol. The van der Waals surface area contributed by atoms with Crippen molar-refractivity contribution in [3.8, 4) is 0 Å². The number of carbonyl (C=O) groups is 1. The first-order valence-electron chi connectivity index (χ1n) is 7.32. The van der Waals surface area contributed by atoms with Crippen LogP contribution < -0.4 is 5.73 Å². The molecule has 0 aromatic rings. The highest BCUT2D eigenvalue weighted by Crippen LogP contribution is 2.11. The summed E-state index contributed by atoms with van der Waals surface area (Å²) in [5.41, 5.74) is 5.97. The van der Waals surface area contributed by atoms with Gasteiger partial charge < -0.3 is 15.4 Å². The number of rotatable bonds is 8. The molecule has 1 amide bonds. The van der Waals surface area contributed by atoms with Crippen molar-refractivity contribution < 1.29 is 9.53 Å². The van der Waals surface area contributed by atoms with Crippen molar-refractivity contribution in [2.45, 2.75) is 64.5 Å². The smallest absolute Gasteiger partial charge is 0.242 e. The Kier molecular flexibility index (Phi) is 7.28. The molecule has 0 aromatic carbocycles. The molecule has 1 aliphatic heterocycles. The number of nitrogens with two attached hydrogens (primary N) is 1. The predicted molar refractivity (Wildman–Crippen MR) is 73.3 cm³/mol. The monoisotopic (exact) mass is 256 g/mol. The second-order valence-electron chi connectivity index (χ2n) is 5.19. The Morgan fingerprint density at radius 2 is 1.94 bits per heavy atom. The molecule has 0 bridgehead atoms. The van der Waals surface area contributed by atoms with Crippen molar-refractivity contribution in [1.82, 2.24) is 4.90 Å². The molecule has 0 aromatic heterocycles. The van der Waals surface area contributed by atoms with E-state index in [0.717, 1.165) is 32.4 Å². The Labute approximate surface area is 111 Å². The Morgan fingerprint density at radius 3 is 2.56 bits per heavy atom. The van der Waals surface area contributed by atoms with Crippen LogP contribution in [0.1, 0.15) is 52.4 Å². The number of carbonyl (C=O) groups excluding carboxylic acids is 1. The lowest BCUT2D eigenvalue weighted by molar-refractivity contribution is -0.134. The molecule has 0 radical (unpaired) electrons. The molecule has 1 heterocycles. The van der Waals surface area contributed by atoms with Crippen LogP contribution in [0.25, 0.3) is 0 Å². The maximum Gasteiger partial charge on any atom is 0.242 e. The number of unbranched alkanes of at least 4 members (excludes halogenated alkanes) is 3. The van der Waals surface area contributed by atoms with Gasteiger partial charge in [-0.25, -0.2) is 0 Å². The van der Waals surface area contributed by atoms with E-state index >= 15 is 0 Å². The van der Waals surface area contributed by atoms with Gasteiger partial charge in [0.1, 0.15) is 6.04 Å². The predicted octanol–water partition coefficient (Wildman–Crippen LogP) is 1.92. The number of nitrogens with zero attached hydrogens (tertiary/aromatic N) is 1. The largest absolute Gasteiger partial charge is 0.376 e. The summed E-state index contributed by atoms with van der Waals surface area (Å²) in [6.45, 7) is 6.51. The molecule has 1 aliphatic rings. The van der Waals surface area contributed by atoms with E-state index < -0.39 is 6.04 Å². The first-order valence-corrected chi connectivity index (χ1v) is 7.32. The Balaban J connectivity index is 2.18. The normalized spacial score (nSPS) is 18.9. The van der Waals surface area contributed by atoms with Gasteiger partial charge in [-0.05, 0) is 26.2 Å². The molecular formula is C14H28N2O2. The molecule has 18 heavy (non-hydrogen) atoms. The van der Waals surface area contributed by atoms with Gasteiger partial charge in [0.2, 0.25) is 5.91 Å². The van der Waals surface area contributed by atoms with Gasteiger partial charge in [0.25, 0.3) is 0 Å². The zero-order valence-electron chi connectivity index (χ0n) is 11.9. The summed E-state index contributed by atoms with van der Waals surface area (Å²) in [5.74, 6) is 0.0496. The first kappa shape index (κ1) is 15.4. The van der Waals surface area contributed by atoms with E-state index in [2.05, 4.69) is 6.92 Å². The summed E-state index contributed by atoms with van der Waals surface area (Å²) in [4.78, 5) is 13.9. The second kappa shape index (κ2) is 8.48. The van der Waals surface area contributed by atoms with E-state index in [9.17, 15) is 4.79 Å². The fourth-order valence-corrected chi connectivity index (χ4v) is 2.25. The van der Waals surface area contributed by atoms with Gasteiger partial charge in [-0.15, -0.1) is 0 Å². The molecule has 1 saturated heterocycles. The molecule has 4 heteroatoms. The van der Waals surface area contributed by atoms with Gasteiger partial charge in [0, 0.05) is 19.7 Å². The molecule has 1 fully saturated rings. The minimum Gasteiger partial charge on any atom is -0.376 e. The van der Waals surface area contributed by atoms with Gasteiger partial charge in [0.15, 0.2) is 0 Å². The highest BCUT2D eigenvalue weighted by atomic mass is 16.5. The highest BCUT2D eigenvalue weighted by molar-refractivity contribution is 5.82. The summed E-state index contributed by atoms with van der Waals surface area (Å²) in [6.07, 6.45) is 6.75.